The molecule has 0 saturated carbocycles. The molecule has 0 aliphatic carbocycles. The third-order valence-electron chi connectivity index (χ3n) is 12.1. The van der Waals surface area contributed by atoms with E-state index in [1.54, 1.807) is 0 Å². The lowest BCUT2D eigenvalue weighted by molar-refractivity contribution is 1.08. The summed E-state index contributed by atoms with van der Waals surface area (Å²) < 4.78 is 0. The molecule has 12 aromatic rings. The van der Waals surface area contributed by atoms with Crippen molar-refractivity contribution in [3.05, 3.63) is 224 Å². The van der Waals surface area contributed by atoms with Crippen molar-refractivity contribution in [1.29, 1.82) is 0 Å². The third-order valence-corrected chi connectivity index (χ3v) is 12.1. The Hall–Kier alpha value is -8.67. The largest absolute Gasteiger partial charge is 0.228 e. The van der Waals surface area contributed by atoms with Gasteiger partial charge in [-0.25, -0.2) is 24.9 Å². The first-order valence-corrected chi connectivity index (χ1v) is 21.5. The zero-order valence-electron chi connectivity index (χ0n) is 34.6. The maximum Gasteiger partial charge on any atom is 0.164 e. The highest BCUT2D eigenvalue weighted by atomic mass is 15.0. The van der Waals surface area contributed by atoms with Crippen LogP contribution >= 0.6 is 0 Å². The average Bonchev–Trinajstić information content (AvgIpc) is 3.38. The number of nitrogens with zero attached hydrogens (tertiary/aromatic N) is 5. The van der Waals surface area contributed by atoms with Crippen LogP contribution in [0.25, 0.3) is 123 Å². The summed E-state index contributed by atoms with van der Waals surface area (Å²) >= 11 is 0. The maximum atomic E-state index is 5.25. The fraction of sp³-hybridized carbons (Fsp3) is 0. The van der Waals surface area contributed by atoms with E-state index in [0.29, 0.717) is 23.3 Å². The molecule has 0 atom stereocenters. The predicted octanol–water partition coefficient (Wildman–Crippen LogP) is 14.9. The van der Waals surface area contributed by atoms with E-state index >= 15 is 0 Å². The number of hydrogen-bond donors (Lipinski definition) is 0. The summed E-state index contributed by atoms with van der Waals surface area (Å²) in [5, 5.41) is 6.75. The third kappa shape index (κ3) is 6.73. The van der Waals surface area contributed by atoms with E-state index in [1.807, 2.05) is 24.3 Å². The zero-order valence-corrected chi connectivity index (χ0v) is 34.6. The van der Waals surface area contributed by atoms with Crippen LogP contribution in [0.15, 0.2) is 224 Å². The summed E-state index contributed by atoms with van der Waals surface area (Å²) in [6, 6.07) is 78.1. The van der Waals surface area contributed by atoms with Gasteiger partial charge in [0.1, 0.15) is 0 Å². The monoisotopic (exact) mass is 815 g/mol. The fourth-order valence-corrected chi connectivity index (χ4v) is 8.91. The quantitative estimate of drug-likeness (QED) is 0.143. The van der Waals surface area contributed by atoms with Crippen molar-refractivity contribution < 1.29 is 0 Å². The van der Waals surface area contributed by atoms with Crippen LogP contribution in [0.5, 0.6) is 0 Å². The lowest BCUT2D eigenvalue weighted by atomic mass is 9.89. The fourth-order valence-electron chi connectivity index (χ4n) is 8.91. The first-order chi connectivity index (χ1) is 31.7. The Bertz CT molecular complexity index is 3450. The zero-order chi connectivity index (χ0) is 42.4. The molecular weight excluding hydrogens is 779 g/mol. The van der Waals surface area contributed by atoms with E-state index in [9.17, 15) is 0 Å². The standard InChI is InChI=1S/C59H37N5/c1-5-13-38(14-6-1)40-21-25-46(26-22-40)56-62-57(47-27-23-41(24-28-47)39-15-7-2-8-16-39)64-59(63-56)51-36-32-45-29-33-48-50(35-31-44-30-34-49(51)55(45)54(44)48)58-60-52(42-17-9-3-10-18-42)37-53(61-58)43-19-11-4-12-20-43/h1-37H. The van der Waals surface area contributed by atoms with Gasteiger partial charge >= 0.3 is 0 Å². The van der Waals surface area contributed by atoms with Gasteiger partial charge in [-0.15, -0.1) is 0 Å². The highest BCUT2D eigenvalue weighted by Crippen LogP contribution is 2.42. The van der Waals surface area contributed by atoms with E-state index in [-0.39, 0.29) is 0 Å². The van der Waals surface area contributed by atoms with Crippen LogP contribution in [-0.2, 0) is 0 Å². The lowest BCUT2D eigenvalue weighted by Gasteiger charge is -2.17. The highest BCUT2D eigenvalue weighted by molar-refractivity contribution is 6.27. The minimum Gasteiger partial charge on any atom is -0.228 e. The molecule has 64 heavy (non-hydrogen) atoms. The van der Waals surface area contributed by atoms with Crippen LogP contribution in [0.4, 0.5) is 0 Å². The second-order valence-electron chi connectivity index (χ2n) is 16.0. The molecule has 0 aliphatic rings. The van der Waals surface area contributed by atoms with Crippen molar-refractivity contribution in [3.63, 3.8) is 0 Å². The van der Waals surface area contributed by atoms with Gasteiger partial charge in [-0.3, -0.25) is 0 Å². The summed E-state index contributed by atoms with van der Waals surface area (Å²) in [6.45, 7) is 0. The second-order valence-corrected chi connectivity index (χ2v) is 16.0. The first-order valence-electron chi connectivity index (χ1n) is 21.5. The smallest absolute Gasteiger partial charge is 0.164 e. The molecule has 298 valence electrons. The second kappa shape index (κ2) is 15.7. The minimum atomic E-state index is 0.615. The first kappa shape index (κ1) is 37.1. The van der Waals surface area contributed by atoms with Crippen molar-refractivity contribution >= 4 is 32.3 Å². The Balaban J connectivity index is 1.03. The Labute approximate surface area is 370 Å². The van der Waals surface area contributed by atoms with Gasteiger partial charge in [0.05, 0.1) is 11.4 Å². The normalized spacial score (nSPS) is 11.4. The van der Waals surface area contributed by atoms with Crippen LogP contribution in [0.1, 0.15) is 0 Å². The molecule has 0 N–H and O–H groups in total. The van der Waals surface area contributed by atoms with Crippen molar-refractivity contribution in [2.45, 2.75) is 0 Å². The molecule has 0 spiro atoms. The summed E-state index contributed by atoms with van der Waals surface area (Å²) in [6.07, 6.45) is 0. The van der Waals surface area contributed by atoms with Crippen LogP contribution < -0.4 is 0 Å². The van der Waals surface area contributed by atoms with E-state index in [2.05, 4.69) is 200 Å². The molecular formula is C59H37N5. The summed E-state index contributed by atoms with van der Waals surface area (Å²) in [5.74, 6) is 2.53. The number of rotatable bonds is 8. The Morgan fingerprint density at radius 3 is 0.938 bits per heavy atom. The van der Waals surface area contributed by atoms with Gasteiger partial charge in [0.25, 0.3) is 0 Å². The molecule has 2 aromatic heterocycles. The molecule has 0 bridgehead atoms. The SMILES string of the molecule is c1ccc(-c2ccc(-c3nc(-c4ccc(-c5ccccc5)cc4)nc(-c4ccc5ccc6c(-c7nc(-c8ccccc8)cc(-c8ccccc8)n7)ccc7ccc4c5c76)n3)cc2)cc1. The molecule has 0 radical (unpaired) electrons. The van der Waals surface area contributed by atoms with Gasteiger partial charge in [-0.1, -0.05) is 206 Å². The Kier molecular flexibility index (Phi) is 9.08. The number of hydrogen-bond acceptors (Lipinski definition) is 5. The molecule has 0 amide bonds. The summed E-state index contributed by atoms with van der Waals surface area (Å²) in [4.78, 5) is 26.1. The van der Waals surface area contributed by atoms with Crippen molar-refractivity contribution in [2.75, 3.05) is 0 Å². The van der Waals surface area contributed by atoms with E-state index in [4.69, 9.17) is 24.9 Å². The maximum absolute atomic E-state index is 5.25. The van der Waals surface area contributed by atoms with Crippen molar-refractivity contribution in [3.8, 4) is 90.3 Å². The van der Waals surface area contributed by atoms with Gasteiger partial charge in [-0.2, -0.15) is 0 Å². The molecule has 0 unspecified atom stereocenters. The highest BCUT2D eigenvalue weighted by Gasteiger charge is 2.20. The van der Waals surface area contributed by atoms with Crippen LogP contribution in [0, 0.1) is 0 Å². The average molecular weight is 816 g/mol. The number of benzene rings is 10. The minimum absolute atomic E-state index is 0.615. The van der Waals surface area contributed by atoms with Crippen LogP contribution in [0.2, 0.25) is 0 Å². The van der Waals surface area contributed by atoms with Crippen molar-refractivity contribution in [1.82, 2.24) is 24.9 Å². The molecule has 0 saturated heterocycles. The number of aromatic nitrogens is 5. The van der Waals surface area contributed by atoms with Gasteiger partial charge in [0.2, 0.25) is 0 Å². The Morgan fingerprint density at radius 1 is 0.219 bits per heavy atom. The van der Waals surface area contributed by atoms with Gasteiger partial charge in [-0.05, 0) is 72.8 Å². The molecule has 0 fully saturated rings. The molecule has 0 aliphatic heterocycles. The lowest BCUT2D eigenvalue weighted by Crippen LogP contribution is -2.01. The van der Waals surface area contributed by atoms with Crippen LogP contribution in [0.3, 0.4) is 0 Å². The topological polar surface area (TPSA) is 64.5 Å². The molecule has 10 aromatic carbocycles. The predicted molar refractivity (Wildman–Crippen MR) is 263 cm³/mol. The van der Waals surface area contributed by atoms with Gasteiger partial charge in [0.15, 0.2) is 23.3 Å². The Morgan fingerprint density at radius 2 is 0.531 bits per heavy atom. The molecule has 5 nitrogen and oxygen atoms in total. The van der Waals surface area contributed by atoms with Crippen LogP contribution in [-0.4, -0.2) is 24.9 Å². The van der Waals surface area contributed by atoms with E-state index in [1.165, 1.54) is 0 Å². The molecule has 5 heteroatoms. The van der Waals surface area contributed by atoms with E-state index < -0.39 is 0 Å². The van der Waals surface area contributed by atoms with Gasteiger partial charge in [0, 0.05) is 33.4 Å². The van der Waals surface area contributed by atoms with E-state index in [0.717, 1.165) is 99.3 Å². The summed E-state index contributed by atoms with van der Waals surface area (Å²) in [7, 11) is 0. The summed E-state index contributed by atoms with van der Waals surface area (Å²) in [5.41, 5.74) is 12.2. The van der Waals surface area contributed by atoms with Gasteiger partial charge < -0.3 is 0 Å². The molecule has 12 rings (SSSR count). The molecule has 2 heterocycles. The van der Waals surface area contributed by atoms with Crippen molar-refractivity contribution in [2.24, 2.45) is 0 Å².